The van der Waals surface area contributed by atoms with Gasteiger partial charge in [-0.05, 0) is 34.5 Å². The van der Waals surface area contributed by atoms with Crippen LogP contribution in [0.25, 0.3) is 0 Å². The Morgan fingerprint density at radius 1 is 1.58 bits per heavy atom. The molecule has 19 heavy (non-hydrogen) atoms. The first kappa shape index (κ1) is 13.7. The van der Waals surface area contributed by atoms with Crippen LogP contribution in [0.4, 0.5) is 0 Å². The van der Waals surface area contributed by atoms with Crippen molar-refractivity contribution < 1.29 is 5.21 Å². The van der Waals surface area contributed by atoms with Gasteiger partial charge in [0.2, 0.25) is 0 Å². The van der Waals surface area contributed by atoms with E-state index in [-0.39, 0.29) is 5.84 Å². The highest BCUT2D eigenvalue weighted by molar-refractivity contribution is 9.10. The van der Waals surface area contributed by atoms with Crippen molar-refractivity contribution in [3.8, 4) is 0 Å². The summed E-state index contributed by atoms with van der Waals surface area (Å²) in [4.78, 5) is 0. The molecule has 0 saturated carbocycles. The Morgan fingerprint density at radius 3 is 2.89 bits per heavy atom. The van der Waals surface area contributed by atoms with E-state index in [0.29, 0.717) is 12.2 Å². The molecule has 0 radical (unpaired) electrons. The molecule has 0 atom stereocenters. The topological polar surface area (TPSA) is 81.4 Å². The van der Waals surface area contributed by atoms with Gasteiger partial charge in [-0.3, -0.25) is 4.68 Å². The van der Waals surface area contributed by atoms with Crippen LogP contribution in [0.5, 0.6) is 0 Å². The fourth-order valence-corrected chi connectivity index (χ4v) is 2.73. The molecule has 2 rings (SSSR count). The summed E-state index contributed by atoms with van der Waals surface area (Å²) in [6.07, 6.45) is 2.76. The Hall–Kier alpha value is -1.76. The molecule has 0 aromatic carbocycles. The van der Waals surface area contributed by atoms with E-state index in [1.54, 1.807) is 6.07 Å². The molecule has 0 spiro atoms. The van der Waals surface area contributed by atoms with Crippen LogP contribution < -0.4 is 5.73 Å². The van der Waals surface area contributed by atoms with Crippen molar-refractivity contribution in [1.82, 2.24) is 14.3 Å². The average molecular weight is 326 g/mol. The molecular weight excluding hydrogens is 310 g/mol. The van der Waals surface area contributed by atoms with Crippen molar-refractivity contribution in [2.45, 2.75) is 19.9 Å². The predicted octanol–water partition coefficient (Wildman–Crippen LogP) is 1.69. The summed E-state index contributed by atoms with van der Waals surface area (Å²) in [5.74, 6) is 0.0963. The minimum absolute atomic E-state index is 0.0963. The number of halogens is 1. The van der Waals surface area contributed by atoms with Gasteiger partial charge in [0, 0.05) is 13.2 Å². The van der Waals surface area contributed by atoms with Crippen molar-refractivity contribution in [2.24, 2.45) is 17.9 Å². The first-order valence-electron chi connectivity index (χ1n) is 5.91. The Bertz CT molecular complexity index is 614. The molecular formula is C12H16BrN5O. The monoisotopic (exact) mass is 325 g/mol. The molecule has 2 aromatic heterocycles. The number of hydrogen-bond acceptors (Lipinski definition) is 3. The molecule has 0 aliphatic carbocycles. The van der Waals surface area contributed by atoms with E-state index in [1.165, 1.54) is 0 Å². The Kier molecular flexibility index (Phi) is 3.94. The standard InChI is InChI=1S/C12H16BrN5O/c1-3-8-11(13)10(17(2)15-8)7-18-6-4-5-9(18)12(14)16-19/h4-6,19H,3,7H2,1-2H3,(H2,14,16). The molecule has 2 aromatic rings. The van der Waals surface area contributed by atoms with Crippen LogP contribution >= 0.6 is 15.9 Å². The summed E-state index contributed by atoms with van der Waals surface area (Å²) in [5.41, 5.74) is 8.39. The predicted molar refractivity (Wildman–Crippen MR) is 76.3 cm³/mol. The molecule has 0 saturated heterocycles. The molecule has 0 bridgehead atoms. The average Bonchev–Trinajstić information content (AvgIpc) is 2.97. The number of hydrogen-bond donors (Lipinski definition) is 2. The van der Waals surface area contributed by atoms with E-state index >= 15 is 0 Å². The Labute approximate surface area is 119 Å². The summed E-state index contributed by atoms with van der Waals surface area (Å²) in [6.45, 7) is 2.66. The Balaban J connectivity index is 2.37. The van der Waals surface area contributed by atoms with Crippen molar-refractivity contribution in [3.05, 3.63) is 39.9 Å². The first-order valence-corrected chi connectivity index (χ1v) is 6.71. The van der Waals surface area contributed by atoms with Crippen molar-refractivity contribution in [1.29, 1.82) is 0 Å². The number of nitrogens with two attached hydrogens (primary N) is 1. The minimum Gasteiger partial charge on any atom is -0.409 e. The van der Waals surface area contributed by atoms with Crippen LogP contribution in [0.2, 0.25) is 0 Å². The van der Waals surface area contributed by atoms with E-state index in [1.807, 2.05) is 28.6 Å². The lowest BCUT2D eigenvalue weighted by Gasteiger charge is -2.09. The maximum absolute atomic E-state index is 8.77. The van der Waals surface area contributed by atoms with Crippen LogP contribution in [0.3, 0.4) is 0 Å². The molecule has 2 heterocycles. The summed E-state index contributed by atoms with van der Waals surface area (Å²) < 4.78 is 4.77. The summed E-state index contributed by atoms with van der Waals surface area (Å²) in [6, 6.07) is 3.67. The van der Waals surface area contributed by atoms with Crippen LogP contribution in [-0.4, -0.2) is 25.4 Å². The zero-order valence-electron chi connectivity index (χ0n) is 10.8. The minimum atomic E-state index is 0.0963. The molecule has 0 amide bonds. The van der Waals surface area contributed by atoms with Gasteiger partial charge in [-0.15, -0.1) is 0 Å². The van der Waals surface area contributed by atoms with Gasteiger partial charge in [-0.2, -0.15) is 5.10 Å². The molecule has 102 valence electrons. The van der Waals surface area contributed by atoms with Gasteiger partial charge >= 0.3 is 0 Å². The highest BCUT2D eigenvalue weighted by Gasteiger charge is 2.14. The second kappa shape index (κ2) is 5.48. The van der Waals surface area contributed by atoms with Gasteiger partial charge in [0.15, 0.2) is 5.84 Å². The number of amidine groups is 1. The van der Waals surface area contributed by atoms with E-state index in [0.717, 1.165) is 22.3 Å². The lowest BCUT2D eigenvalue weighted by atomic mass is 10.3. The van der Waals surface area contributed by atoms with Crippen molar-refractivity contribution >= 4 is 21.8 Å². The lowest BCUT2D eigenvalue weighted by Crippen LogP contribution is -2.19. The Morgan fingerprint density at radius 2 is 2.32 bits per heavy atom. The van der Waals surface area contributed by atoms with Gasteiger partial charge in [-0.25, -0.2) is 0 Å². The number of aryl methyl sites for hydroxylation is 2. The van der Waals surface area contributed by atoms with Crippen molar-refractivity contribution in [2.75, 3.05) is 0 Å². The van der Waals surface area contributed by atoms with Gasteiger partial charge in [-0.1, -0.05) is 12.1 Å². The van der Waals surface area contributed by atoms with Gasteiger partial charge in [0.05, 0.1) is 28.1 Å². The zero-order valence-corrected chi connectivity index (χ0v) is 12.4. The summed E-state index contributed by atoms with van der Waals surface area (Å²) >= 11 is 3.58. The van der Waals surface area contributed by atoms with Crippen molar-refractivity contribution in [3.63, 3.8) is 0 Å². The molecule has 0 aliphatic rings. The molecule has 0 aliphatic heterocycles. The van der Waals surface area contributed by atoms with Crippen LogP contribution in [-0.2, 0) is 20.0 Å². The molecule has 0 fully saturated rings. The first-order chi connectivity index (χ1) is 9.08. The van der Waals surface area contributed by atoms with E-state index in [4.69, 9.17) is 10.9 Å². The number of oxime groups is 1. The van der Waals surface area contributed by atoms with Crippen LogP contribution in [0, 0.1) is 0 Å². The third kappa shape index (κ3) is 2.51. The molecule has 7 heteroatoms. The third-order valence-electron chi connectivity index (χ3n) is 3.02. The van der Waals surface area contributed by atoms with Crippen LogP contribution in [0.15, 0.2) is 28.0 Å². The fraction of sp³-hybridized carbons (Fsp3) is 0.333. The second-order valence-corrected chi connectivity index (χ2v) is 4.98. The maximum atomic E-state index is 8.77. The largest absolute Gasteiger partial charge is 0.409 e. The zero-order chi connectivity index (χ0) is 14.0. The summed E-state index contributed by atoms with van der Waals surface area (Å²) in [7, 11) is 1.91. The third-order valence-corrected chi connectivity index (χ3v) is 3.94. The number of aromatic nitrogens is 3. The molecule has 6 nitrogen and oxygen atoms in total. The highest BCUT2D eigenvalue weighted by Crippen LogP contribution is 2.23. The van der Waals surface area contributed by atoms with E-state index in [2.05, 4.69) is 33.1 Å². The smallest absolute Gasteiger partial charge is 0.186 e. The molecule has 0 unspecified atom stereocenters. The second-order valence-electron chi connectivity index (χ2n) is 4.19. The van der Waals surface area contributed by atoms with Gasteiger partial charge in [0.25, 0.3) is 0 Å². The van der Waals surface area contributed by atoms with E-state index in [9.17, 15) is 0 Å². The SMILES string of the molecule is CCc1nn(C)c(Cn2cccc2/C(N)=N/O)c1Br. The maximum Gasteiger partial charge on any atom is 0.186 e. The summed E-state index contributed by atoms with van der Waals surface area (Å²) in [5, 5.41) is 16.3. The quantitative estimate of drug-likeness (QED) is 0.388. The lowest BCUT2D eigenvalue weighted by molar-refractivity contribution is 0.318. The highest BCUT2D eigenvalue weighted by atomic mass is 79.9. The van der Waals surface area contributed by atoms with Gasteiger partial charge in [0.1, 0.15) is 0 Å². The molecule has 3 N–H and O–H groups in total. The normalized spacial score (nSPS) is 12.1. The number of nitrogens with zero attached hydrogens (tertiary/aromatic N) is 4. The van der Waals surface area contributed by atoms with E-state index < -0.39 is 0 Å². The van der Waals surface area contributed by atoms with Gasteiger partial charge < -0.3 is 15.5 Å². The van der Waals surface area contributed by atoms with Crippen LogP contribution in [0.1, 0.15) is 24.0 Å². The fourth-order valence-electron chi connectivity index (χ4n) is 1.99. The number of rotatable bonds is 4.